The fourth-order valence-electron chi connectivity index (χ4n) is 1.20. The highest BCUT2D eigenvalue weighted by atomic mass is 32.1. The first-order chi connectivity index (χ1) is 6.17. The largest absolute Gasteiger partial charge is 0.305 e. The second-order valence-electron chi connectivity index (χ2n) is 3.67. The zero-order chi connectivity index (χ0) is 9.73. The normalized spacial score (nSPS) is 11.2. The number of hydrogen-bond acceptors (Lipinski definition) is 2. The molecule has 0 amide bonds. The monoisotopic (exact) mass is 193 g/mol. The fraction of sp³-hybridized carbons (Fsp3) is 0.455. The number of nitrogens with one attached hydrogen (secondary N) is 1. The van der Waals surface area contributed by atoms with Gasteiger partial charge >= 0.3 is 0 Å². The highest BCUT2D eigenvalue weighted by molar-refractivity contribution is 7.10. The molecule has 0 radical (unpaired) electrons. The molecule has 0 aliphatic rings. The van der Waals surface area contributed by atoms with Gasteiger partial charge in [0.2, 0.25) is 0 Å². The molecule has 1 N–H and O–H groups in total. The number of terminal acetylenes is 1. The van der Waals surface area contributed by atoms with Gasteiger partial charge in [0, 0.05) is 16.8 Å². The molecule has 0 saturated carbocycles. The van der Waals surface area contributed by atoms with Crippen molar-refractivity contribution in [2.24, 2.45) is 0 Å². The van der Waals surface area contributed by atoms with Gasteiger partial charge in [-0.15, -0.1) is 17.8 Å². The van der Waals surface area contributed by atoms with Crippen molar-refractivity contribution < 1.29 is 0 Å². The topological polar surface area (TPSA) is 12.0 Å². The molecule has 0 fully saturated rings. The zero-order valence-electron chi connectivity index (χ0n) is 8.13. The van der Waals surface area contributed by atoms with E-state index in [1.807, 2.05) is 0 Å². The molecule has 0 spiro atoms. The summed E-state index contributed by atoms with van der Waals surface area (Å²) in [6.07, 6.45) is 5.17. The standard InChI is InChI=1S/C11H15NS/c1-4-7-12-9-11(2,3)10-6-5-8-13-10/h1,5-6,8,12H,7,9H2,2-3H3. The highest BCUT2D eigenvalue weighted by Crippen LogP contribution is 2.26. The average molecular weight is 193 g/mol. The van der Waals surface area contributed by atoms with Gasteiger partial charge in [0.15, 0.2) is 0 Å². The van der Waals surface area contributed by atoms with Gasteiger partial charge in [-0.3, -0.25) is 0 Å². The predicted octanol–water partition coefficient (Wildman–Crippen LogP) is 2.25. The molecule has 13 heavy (non-hydrogen) atoms. The molecule has 0 atom stereocenters. The van der Waals surface area contributed by atoms with Crippen LogP contribution >= 0.6 is 11.3 Å². The molecule has 2 heteroatoms. The SMILES string of the molecule is C#CCNCC(C)(C)c1cccs1. The zero-order valence-corrected chi connectivity index (χ0v) is 8.95. The highest BCUT2D eigenvalue weighted by Gasteiger charge is 2.20. The number of thiophene rings is 1. The van der Waals surface area contributed by atoms with Gasteiger partial charge < -0.3 is 5.32 Å². The van der Waals surface area contributed by atoms with Crippen molar-refractivity contribution in [1.29, 1.82) is 0 Å². The van der Waals surface area contributed by atoms with E-state index >= 15 is 0 Å². The van der Waals surface area contributed by atoms with E-state index in [9.17, 15) is 0 Å². The lowest BCUT2D eigenvalue weighted by Crippen LogP contribution is -2.32. The molecular weight excluding hydrogens is 178 g/mol. The van der Waals surface area contributed by atoms with Crippen molar-refractivity contribution >= 4 is 11.3 Å². The Bertz CT molecular complexity index is 280. The summed E-state index contributed by atoms with van der Waals surface area (Å²) in [6.45, 7) is 6.03. The van der Waals surface area contributed by atoms with E-state index in [2.05, 4.69) is 42.6 Å². The number of hydrogen-bond donors (Lipinski definition) is 1. The molecule has 1 aromatic heterocycles. The van der Waals surface area contributed by atoms with Gasteiger partial charge in [0.1, 0.15) is 0 Å². The smallest absolute Gasteiger partial charge is 0.0574 e. The third kappa shape index (κ3) is 2.87. The molecule has 0 aromatic carbocycles. The van der Waals surface area contributed by atoms with E-state index in [0.717, 1.165) is 6.54 Å². The van der Waals surface area contributed by atoms with Crippen LogP contribution in [0.1, 0.15) is 18.7 Å². The molecule has 0 aliphatic heterocycles. The summed E-state index contributed by atoms with van der Waals surface area (Å²) < 4.78 is 0. The third-order valence-corrected chi connectivity index (χ3v) is 3.22. The fourth-order valence-corrected chi connectivity index (χ4v) is 2.05. The van der Waals surface area contributed by atoms with E-state index in [0.29, 0.717) is 6.54 Å². The molecule has 1 rings (SSSR count). The molecule has 0 saturated heterocycles. The van der Waals surface area contributed by atoms with E-state index in [1.165, 1.54) is 4.88 Å². The van der Waals surface area contributed by atoms with Crippen molar-refractivity contribution in [3.05, 3.63) is 22.4 Å². The maximum atomic E-state index is 5.17. The summed E-state index contributed by atoms with van der Waals surface area (Å²) in [5.74, 6) is 2.58. The van der Waals surface area contributed by atoms with Gasteiger partial charge in [-0.1, -0.05) is 25.8 Å². The van der Waals surface area contributed by atoms with E-state index in [1.54, 1.807) is 11.3 Å². The Morgan fingerprint density at radius 3 is 2.92 bits per heavy atom. The van der Waals surface area contributed by atoms with Gasteiger partial charge in [0.05, 0.1) is 6.54 Å². The minimum absolute atomic E-state index is 0.186. The quantitative estimate of drug-likeness (QED) is 0.571. The first-order valence-corrected chi connectivity index (χ1v) is 5.23. The minimum atomic E-state index is 0.186. The maximum absolute atomic E-state index is 5.17. The summed E-state index contributed by atoms with van der Waals surface area (Å²) in [4.78, 5) is 1.40. The predicted molar refractivity (Wildman–Crippen MR) is 59.0 cm³/mol. The second-order valence-corrected chi connectivity index (χ2v) is 4.62. The first-order valence-electron chi connectivity index (χ1n) is 4.35. The van der Waals surface area contributed by atoms with Crippen molar-refractivity contribution in [3.63, 3.8) is 0 Å². The van der Waals surface area contributed by atoms with Crippen LogP contribution in [-0.4, -0.2) is 13.1 Å². The molecule has 0 bridgehead atoms. The molecule has 70 valence electrons. The van der Waals surface area contributed by atoms with E-state index in [4.69, 9.17) is 6.42 Å². The summed E-state index contributed by atoms with van der Waals surface area (Å²) in [5, 5.41) is 5.34. The maximum Gasteiger partial charge on any atom is 0.0574 e. The second kappa shape index (κ2) is 4.45. The molecule has 1 heterocycles. The Balaban J connectivity index is 2.52. The van der Waals surface area contributed by atoms with Gasteiger partial charge in [-0.2, -0.15) is 0 Å². The Hall–Kier alpha value is -0.780. The van der Waals surface area contributed by atoms with Gasteiger partial charge in [-0.25, -0.2) is 0 Å². The van der Waals surface area contributed by atoms with Crippen molar-refractivity contribution in [3.8, 4) is 12.3 Å². The molecule has 1 aromatic rings. The Morgan fingerprint density at radius 1 is 1.62 bits per heavy atom. The Labute approximate surface area is 84.2 Å². The van der Waals surface area contributed by atoms with Crippen LogP contribution in [-0.2, 0) is 5.41 Å². The number of rotatable bonds is 4. The third-order valence-electron chi connectivity index (χ3n) is 1.98. The molecule has 1 nitrogen and oxygen atoms in total. The van der Waals surface area contributed by atoms with Gasteiger partial charge in [0.25, 0.3) is 0 Å². The minimum Gasteiger partial charge on any atom is -0.305 e. The van der Waals surface area contributed by atoms with E-state index < -0.39 is 0 Å². The van der Waals surface area contributed by atoms with Crippen molar-refractivity contribution in [1.82, 2.24) is 5.32 Å². The first kappa shape index (κ1) is 10.3. The summed E-state index contributed by atoms with van der Waals surface area (Å²) in [5.41, 5.74) is 0.186. The lowest BCUT2D eigenvalue weighted by atomic mass is 9.91. The van der Waals surface area contributed by atoms with Crippen LogP contribution in [0.4, 0.5) is 0 Å². The summed E-state index contributed by atoms with van der Waals surface area (Å²) in [6, 6.07) is 4.26. The average Bonchev–Trinajstić information content (AvgIpc) is 2.56. The van der Waals surface area contributed by atoms with Crippen LogP contribution in [0.3, 0.4) is 0 Å². The molecular formula is C11H15NS. The van der Waals surface area contributed by atoms with Crippen LogP contribution in [0.2, 0.25) is 0 Å². The van der Waals surface area contributed by atoms with Crippen molar-refractivity contribution in [2.75, 3.05) is 13.1 Å². The van der Waals surface area contributed by atoms with Gasteiger partial charge in [-0.05, 0) is 11.4 Å². The molecule has 0 unspecified atom stereocenters. The van der Waals surface area contributed by atoms with Crippen LogP contribution in [0.5, 0.6) is 0 Å². The molecule has 0 aliphatic carbocycles. The van der Waals surface area contributed by atoms with E-state index in [-0.39, 0.29) is 5.41 Å². The lowest BCUT2D eigenvalue weighted by molar-refractivity contribution is 0.494. The van der Waals surface area contributed by atoms with Crippen LogP contribution < -0.4 is 5.32 Å². The summed E-state index contributed by atoms with van der Waals surface area (Å²) in [7, 11) is 0. The lowest BCUT2D eigenvalue weighted by Gasteiger charge is -2.23. The van der Waals surface area contributed by atoms with Crippen LogP contribution in [0.15, 0.2) is 17.5 Å². The van der Waals surface area contributed by atoms with Crippen molar-refractivity contribution in [2.45, 2.75) is 19.3 Å². The Morgan fingerprint density at radius 2 is 2.38 bits per heavy atom. The van der Waals surface area contributed by atoms with Crippen LogP contribution in [0, 0.1) is 12.3 Å². The Kier molecular flexibility index (Phi) is 3.53. The summed E-state index contributed by atoms with van der Waals surface area (Å²) >= 11 is 1.80. The van der Waals surface area contributed by atoms with Crippen LogP contribution in [0.25, 0.3) is 0 Å².